The molecule has 0 spiro atoms. The Kier molecular flexibility index (Phi) is 4.12. The minimum Gasteiger partial charge on any atom is -0.308 e. The summed E-state index contributed by atoms with van der Waals surface area (Å²) >= 11 is 1.74. The number of nitrogens with one attached hydrogen (secondary N) is 1. The van der Waals surface area contributed by atoms with Gasteiger partial charge in [-0.3, -0.25) is 0 Å². The largest absolute Gasteiger partial charge is 0.308 e. The molecule has 0 aliphatic rings. The molecule has 0 amide bonds. The number of hydrogen-bond acceptors (Lipinski definition) is 3. The van der Waals surface area contributed by atoms with E-state index < -0.39 is 0 Å². The lowest BCUT2D eigenvalue weighted by Crippen LogP contribution is -2.12. The molecular weight excluding hydrogens is 180 g/mol. The van der Waals surface area contributed by atoms with Gasteiger partial charge >= 0.3 is 0 Å². The smallest absolute Gasteiger partial charge is 0.0954 e. The lowest BCUT2D eigenvalue weighted by molar-refractivity contribution is 0.735. The number of hydrogen-bond donors (Lipinski definition) is 1. The predicted octanol–water partition coefficient (Wildman–Crippen LogP) is 2.54. The molecule has 0 aliphatic carbocycles. The SMILES string of the molecule is C=CCNCc1csc(C(C)C)n1. The first-order valence-corrected chi connectivity index (χ1v) is 5.38. The fourth-order valence-corrected chi connectivity index (χ4v) is 1.81. The molecule has 0 atom stereocenters. The van der Waals surface area contributed by atoms with Crippen molar-refractivity contribution in [3.05, 3.63) is 28.7 Å². The maximum atomic E-state index is 4.50. The lowest BCUT2D eigenvalue weighted by atomic mass is 10.2. The number of thiazole rings is 1. The van der Waals surface area contributed by atoms with E-state index in [1.165, 1.54) is 5.01 Å². The molecule has 1 rings (SSSR count). The van der Waals surface area contributed by atoms with Gasteiger partial charge in [-0.25, -0.2) is 4.98 Å². The van der Waals surface area contributed by atoms with Gasteiger partial charge in [0.2, 0.25) is 0 Å². The zero-order chi connectivity index (χ0) is 9.68. The summed E-state index contributed by atoms with van der Waals surface area (Å²) in [7, 11) is 0. The van der Waals surface area contributed by atoms with Crippen LogP contribution in [0.5, 0.6) is 0 Å². The Morgan fingerprint density at radius 2 is 2.46 bits per heavy atom. The molecule has 0 aromatic carbocycles. The second-order valence-corrected chi connectivity index (χ2v) is 4.14. The molecule has 1 aromatic heterocycles. The zero-order valence-electron chi connectivity index (χ0n) is 8.21. The quantitative estimate of drug-likeness (QED) is 0.578. The standard InChI is InChI=1S/C10H16N2S/c1-4-5-11-6-9-7-13-10(12-9)8(2)3/h4,7-8,11H,1,5-6H2,2-3H3. The maximum Gasteiger partial charge on any atom is 0.0954 e. The van der Waals surface area contributed by atoms with Gasteiger partial charge in [0.1, 0.15) is 0 Å². The Labute approximate surface area is 83.7 Å². The highest BCUT2D eigenvalue weighted by Crippen LogP contribution is 2.18. The van der Waals surface area contributed by atoms with Crippen molar-refractivity contribution in [3.8, 4) is 0 Å². The molecular formula is C10H16N2S. The summed E-state index contributed by atoms with van der Waals surface area (Å²) in [5.41, 5.74) is 1.13. The van der Waals surface area contributed by atoms with Crippen molar-refractivity contribution in [3.63, 3.8) is 0 Å². The molecule has 1 heterocycles. The van der Waals surface area contributed by atoms with Crippen LogP contribution in [0.15, 0.2) is 18.0 Å². The predicted molar refractivity (Wildman–Crippen MR) is 58.1 cm³/mol. The monoisotopic (exact) mass is 196 g/mol. The van der Waals surface area contributed by atoms with Crippen molar-refractivity contribution >= 4 is 11.3 Å². The third-order valence-electron chi connectivity index (χ3n) is 1.66. The first-order valence-electron chi connectivity index (χ1n) is 4.50. The number of rotatable bonds is 5. The van der Waals surface area contributed by atoms with Crippen LogP contribution in [0.2, 0.25) is 0 Å². The summed E-state index contributed by atoms with van der Waals surface area (Å²) in [4.78, 5) is 4.50. The van der Waals surface area contributed by atoms with E-state index in [-0.39, 0.29) is 0 Å². The van der Waals surface area contributed by atoms with Gasteiger partial charge in [-0.15, -0.1) is 17.9 Å². The summed E-state index contributed by atoms with van der Waals surface area (Å²) in [5, 5.41) is 6.56. The Morgan fingerprint density at radius 3 is 3.00 bits per heavy atom. The molecule has 0 radical (unpaired) electrons. The lowest BCUT2D eigenvalue weighted by Gasteiger charge is -1.98. The zero-order valence-corrected chi connectivity index (χ0v) is 9.03. The summed E-state index contributed by atoms with van der Waals surface area (Å²) in [6.07, 6.45) is 1.86. The van der Waals surface area contributed by atoms with Gasteiger partial charge < -0.3 is 5.32 Å². The van der Waals surface area contributed by atoms with Crippen LogP contribution in [0.4, 0.5) is 0 Å². The highest BCUT2D eigenvalue weighted by molar-refractivity contribution is 7.09. The van der Waals surface area contributed by atoms with E-state index >= 15 is 0 Å². The van der Waals surface area contributed by atoms with Crippen LogP contribution in [0.3, 0.4) is 0 Å². The van der Waals surface area contributed by atoms with Gasteiger partial charge in [-0.1, -0.05) is 19.9 Å². The van der Waals surface area contributed by atoms with Gasteiger partial charge in [-0.05, 0) is 0 Å². The van der Waals surface area contributed by atoms with Gasteiger partial charge in [0.05, 0.1) is 10.7 Å². The highest BCUT2D eigenvalue weighted by atomic mass is 32.1. The van der Waals surface area contributed by atoms with Crippen LogP contribution in [0.25, 0.3) is 0 Å². The van der Waals surface area contributed by atoms with Crippen molar-refractivity contribution in [1.29, 1.82) is 0 Å². The Balaban J connectivity index is 2.44. The van der Waals surface area contributed by atoms with Crippen molar-refractivity contribution in [2.75, 3.05) is 6.54 Å². The van der Waals surface area contributed by atoms with E-state index in [1.807, 2.05) is 6.08 Å². The van der Waals surface area contributed by atoms with Crippen LogP contribution in [0.1, 0.15) is 30.5 Å². The number of aromatic nitrogens is 1. The molecule has 0 bridgehead atoms. The van der Waals surface area contributed by atoms with Crippen molar-refractivity contribution < 1.29 is 0 Å². The van der Waals surface area contributed by atoms with Gasteiger partial charge in [0, 0.05) is 24.4 Å². The molecule has 0 fully saturated rings. The molecule has 0 aliphatic heterocycles. The second kappa shape index (κ2) is 5.14. The molecule has 1 aromatic rings. The van der Waals surface area contributed by atoms with Gasteiger partial charge in [0.15, 0.2) is 0 Å². The van der Waals surface area contributed by atoms with Crippen molar-refractivity contribution in [2.24, 2.45) is 0 Å². The van der Waals surface area contributed by atoms with Crippen molar-refractivity contribution in [2.45, 2.75) is 26.3 Å². The minimum absolute atomic E-state index is 0.540. The average molecular weight is 196 g/mol. The summed E-state index contributed by atoms with van der Waals surface area (Å²) in [6, 6.07) is 0. The van der Waals surface area contributed by atoms with E-state index in [4.69, 9.17) is 0 Å². The van der Waals surface area contributed by atoms with Gasteiger partial charge in [0.25, 0.3) is 0 Å². The maximum absolute atomic E-state index is 4.50. The first kappa shape index (κ1) is 10.4. The van der Waals surface area contributed by atoms with E-state index in [2.05, 4.69) is 36.1 Å². The summed E-state index contributed by atoms with van der Waals surface area (Å²) < 4.78 is 0. The molecule has 0 saturated heterocycles. The summed E-state index contributed by atoms with van der Waals surface area (Å²) in [5.74, 6) is 0.540. The van der Waals surface area contributed by atoms with E-state index in [0.717, 1.165) is 18.8 Å². The molecule has 72 valence electrons. The first-order chi connectivity index (χ1) is 6.24. The second-order valence-electron chi connectivity index (χ2n) is 3.25. The third-order valence-corrected chi connectivity index (χ3v) is 2.85. The van der Waals surface area contributed by atoms with Crippen LogP contribution >= 0.6 is 11.3 Å². The van der Waals surface area contributed by atoms with Gasteiger partial charge in [-0.2, -0.15) is 0 Å². The fourth-order valence-electron chi connectivity index (χ4n) is 0.971. The molecule has 3 heteroatoms. The van der Waals surface area contributed by atoms with Crippen LogP contribution in [0, 0.1) is 0 Å². The normalized spacial score (nSPS) is 10.7. The molecule has 2 nitrogen and oxygen atoms in total. The Hall–Kier alpha value is -0.670. The van der Waals surface area contributed by atoms with Crippen LogP contribution < -0.4 is 5.32 Å². The highest BCUT2D eigenvalue weighted by Gasteiger charge is 2.04. The number of nitrogens with zero attached hydrogens (tertiary/aromatic N) is 1. The Morgan fingerprint density at radius 1 is 1.69 bits per heavy atom. The summed E-state index contributed by atoms with van der Waals surface area (Å²) in [6.45, 7) is 9.66. The van der Waals surface area contributed by atoms with E-state index in [9.17, 15) is 0 Å². The average Bonchev–Trinajstić information content (AvgIpc) is 2.53. The van der Waals surface area contributed by atoms with E-state index in [0.29, 0.717) is 5.92 Å². The molecule has 0 saturated carbocycles. The van der Waals surface area contributed by atoms with E-state index in [1.54, 1.807) is 11.3 Å². The molecule has 0 unspecified atom stereocenters. The minimum atomic E-state index is 0.540. The molecule has 13 heavy (non-hydrogen) atoms. The van der Waals surface area contributed by atoms with Crippen molar-refractivity contribution in [1.82, 2.24) is 10.3 Å². The van der Waals surface area contributed by atoms with Crippen LogP contribution in [-0.4, -0.2) is 11.5 Å². The van der Waals surface area contributed by atoms with Crippen LogP contribution in [-0.2, 0) is 6.54 Å². The third kappa shape index (κ3) is 3.28. The Bertz CT molecular complexity index is 266. The fraction of sp³-hybridized carbons (Fsp3) is 0.500. The topological polar surface area (TPSA) is 24.9 Å². The molecule has 1 N–H and O–H groups in total.